The molecule has 8 nitrogen and oxygen atoms in total. The molecule has 2 aliphatic heterocycles. The van der Waals surface area contributed by atoms with E-state index in [1.807, 2.05) is 0 Å². The van der Waals surface area contributed by atoms with Crippen molar-refractivity contribution in [1.82, 2.24) is 15.0 Å². The van der Waals surface area contributed by atoms with Gasteiger partial charge in [0, 0.05) is 35.2 Å². The number of pyridine rings is 2. The van der Waals surface area contributed by atoms with Gasteiger partial charge in [0.05, 0.1) is 35.2 Å². The van der Waals surface area contributed by atoms with E-state index < -0.39 is 11.6 Å². The molecule has 164 valence electrons. The smallest absolute Gasteiger partial charge is 0.343 e. The summed E-state index contributed by atoms with van der Waals surface area (Å²) in [5.74, 6) is -1.16. The summed E-state index contributed by atoms with van der Waals surface area (Å²) < 4.78 is 21.0. The summed E-state index contributed by atoms with van der Waals surface area (Å²) in [6, 6.07) is 4.71. The lowest BCUT2D eigenvalue weighted by atomic mass is 9.86. The van der Waals surface area contributed by atoms with Crippen LogP contribution in [-0.4, -0.2) is 33.9 Å². The summed E-state index contributed by atoms with van der Waals surface area (Å²) in [4.78, 5) is 30.3. The lowest BCUT2D eigenvalue weighted by Crippen LogP contribution is -2.44. The number of hydrazone groups is 1. The maximum Gasteiger partial charge on any atom is 0.343 e. The van der Waals surface area contributed by atoms with E-state index in [1.54, 1.807) is 43.8 Å². The molecule has 0 unspecified atom stereocenters. The fourth-order valence-corrected chi connectivity index (χ4v) is 4.52. The van der Waals surface area contributed by atoms with Crippen molar-refractivity contribution >= 4 is 23.1 Å². The normalized spacial score (nSPS) is 19.1. The van der Waals surface area contributed by atoms with E-state index in [0.717, 1.165) is 16.5 Å². The monoisotopic (exact) mass is 436 g/mol. The lowest BCUT2D eigenvalue weighted by molar-refractivity contribution is -0.172. The minimum Gasteiger partial charge on any atom is -0.458 e. The molecule has 32 heavy (non-hydrogen) atoms. The number of aliphatic hydroxyl groups is 1. The van der Waals surface area contributed by atoms with E-state index in [4.69, 9.17) is 4.74 Å². The van der Waals surface area contributed by atoms with E-state index in [0.29, 0.717) is 22.5 Å². The number of nitrogens with zero attached hydrogens (tertiary/aromatic N) is 3. The van der Waals surface area contributed by atoms with Gasteiger partial charge in [0.25, 0.3) is 5.56 Å². The predicted molar refractivity (Wildman–Crippen MR) is 116 cm³/mol. The van der Waals surface area contributed by atoms with Crippen molar-refractivity contribution in [3.05, 3.63) is 62.2 Å². The Bertz CT molecular complexity index is 1410. The van der Waals surface area contributed by atoms with Crippen LogP contribution in [0.25, 0.3) is 22.3 Å². The molecule has 0 aliphatic carbocycles. The van der Waals surface area contributed by atoms with Crippen molar-refractivity contribution < 1.29 is 19.0 Å². The second-order valence-corrected chi connectivity index (χ2v) is 8.06. The molecule has 0 radical (unpaired) electrons. The summed E-state index contributed by atoms with van der Waals surface area (Å²) in [5, 5.41) is 15.9. The average molecular weight is 436 g/mol. The molecule has 0 saturated heterocycles. The van der Waals surface area contributed by atoms with E-state index in [9.17, 15) is 19.1 Å². The van der Waals surface area contributed by atoms with Gasteiger partial charge in [-0.15, -0.1) is 0 Å². The highest BCUT2D eigenvalue weighted by Gasteiger charge is 2.45. The van der Waals surface area contributed by atoms with Gasteiger partial charge in [-0.05, 0) is 31.0 Å². The van der Waals surface area contributed by atoms with E-state index in [-0.39, 0.29) is 42.1 Å². The predicted octanol–water partition coefficient (Wildman–Crippen LogP) is 2.08. The number of cyclic esters (lactones) is 1. The van der Waals surface area contributed by atoms with Gasteiger partial charge in [-0.1, -0.05) is 6.92 Å². The molecular weight excluding hydrogens is 415 g/mol. The zero-order valence-electron chi connectivity index (χ0n) is 17.8. The third-order valence-electron chi connectivity index (χ3n) is 6.33. The number of hydrogen-bond donors (Lipinski definition) is 2. The van der Waals surface area contributed by atoms with Crippen LogP contribution in [0.1, 0.15) is 41.2 Å². The van der Waals surface area contributed by atoms with Crippen LogP contribution in [-0.2, 0) is 28.3 Å². The highest BCUT2D eigenvalue weighted by Crippen LogP contribution is 2.40. The van der Waals surface area contributed by atoms with Gasteiger partial charge >= 0.3 is 5.97 Å². The van der Waals surface area contributed by atoms with Crippen LogP contribution in [0.5, 0.6) is 0 Å². The zero-order valence-corrected chi connectivity index (χ0v) is 17.8. The Morgan fingerprint density at radius 3 is 2.84 bits per heavy atom. The summed E-state index contributed by atoms with van der Waals surface area (Å²) in [5.41, 5.74) is 4.30. The van der Waals surface area contributed by atoms with Crippen molar-refractivity contribution in [2.75, 3.05) is 7.05 Å². The number of hydrogen-bond acceptors (Lipinski definition) is 7. The Morgan fingerprint density at radius 1 is 1.34 bits per heavy atom. The van der Waals surface area contributed by atoms with Gasteiger partial charge in [0.2, 0.25) is 0 Å². The van der Waals surface area contributed by atoms with Gasteiger partial charge < -0.3 is 19.8 Å². The van der Waals surface area contributed by atoms with Crippen LogP contribution in [0.15, 0.2) is 28.1 Å². The highest BCUT2D eigenvalue weighted by molar-refractivity contribution is 6.02. The number of aryl methyl sites for hydroxylation is 1. The van der Waals surface area contributed by atoms with Crippen molar-refractivity contribution in [3.8, 4) is 11.4 Å². The maximum absolute atomic E-state index is 14.3. The minimum absolute atomic E-state index is 0.0598. The molecule has 0 fully saturated rings. The number of esters is 1. The van der Waals surface area contributed by atoms with Crippen LogP contribution in [0, 0.1) is 12.7 Å². The van der Waals surface area contributed by atoms with Gasteiger partial charge in [-0.2, -0.15) is 5.10 Å². The molecular formula is C23H21FN4O4. The third kappa shape index (κ3) is 2.64. The summed E-state index contributed by atoms with van der Waals surface area (Å²) in [6.45, 7) is 3.37. The molecule has 0 bridgehead atoms. The van der Waals surface area contributed by atoms with Crippen molar-refractivity contribution in [2.45, 2.75) is 39.0 Å². The minimum atomic E-state index is -1.90. The summed E-state index contributed by atoms with van der Waals surface area (Å²) in [7, 11) is 1.67. The number of fused-ring (bicyclic) bond motifs is 5. The quantitative estimate of drug-likeness (QED) is 0.289. The van der Waals surface area contributed by atoms with Crippen LogP contribution in [0.4, 0.5) is 4.39 Å². The molecule has 4 heterocycles. The van der Waals surface area contributed by atoms with E-state index in [2.05, 4.69) is 15.5 Å². The first kappa shape index (κ1) is 20.3. The largest absolute Gasteiger partial charge is 0.458 e. The van der Waals surface area contributed by atoms with Crippen molar-refractivity contribution in [1.29, 1.82) is 0 Å². The number of carbonyl (C=O) groups is 1. The Hall–Kier alpha value is -3.59. The molecule has 0 amide bonds. The second-order valence-electron chi connectivity index (χ2n) is 8.06. The Morgan fingerprint density at radius 2 is 2.12 bits per heavy atom. The topological polar surface area (TPSA) is 106 Å². The molecule has 1 atom stereocenters. The molecule has 0 spiro atoms. The molecule has 5 rings (SSSR count). The molecule has 2 aromatic heterocycles. The number of benzene rings is 1. The van der Waals surface area contributed by atoms with E-state index >= 15 is 0 Å². The third-order valence-corrected chi connectivity index (χ3v) is 6.33. The standard InChI is InChI=1S/C23H21FN4O4/c1-4-23(31)16-6-19-20-14(9-28(19)21(29)15(16)10-32-22(23)30)13(8-26-25-3)12-5-11(2)17(24)7-18(12)27-20/h5-8,25,31H,4,9-10H2,1-3H3/b26-8+/t23-/m0/s1. The summed E-state index contributed by atoms with van der Waals surface area (Å²) >= 11 is 0. The molecule has 3 aromatic rings. The molecule has 0 saturated carbocycles. The zero-order chi connectivity index (χ0) is 22.8. The Kier molecular flexibility index (Phi) is 4.42. The SMILES string of the molecule is CC[C@@]1(O)C(=O)OCc2c1cc1n(c2=O)Cc2c-1nc1cc(F)c(C)cc1c2/C=N/NC. The van der Waals surface area contributed by atoms with Gasteiger partial charge in [0.15, 0.2) is 5.60 Å². The molecule has 1 aromatic carbocycles. The highest BCUT2D eigenvalue weighted by atomic mass is 19.1. The number of ether oxygens (including phenoxy) is 1. The van der Waals surface area contributed by atoms with Crippen LogP contribution < -0.4 is 11.0 Å². The first-order valence-electron chi connectivity index (χ1n) is 10.3. The van der Waals surface area contributed by atoms with Gasteiger partial charge in [0.1, 0.15) is 12.4 Å². The number of aromatic nitrogens is 2. The lowest BCUT2D eigenvalue weighted by Gasteiger charge is -2.31. The number of nitrogens with one attached hydrogen (secondary N) is 1. The maximum atomic E-state index is 14.3. The molecule has 2 N–H and O–H groups in total. The fourth-order valence-electron chi connectivity index (χ4n) is 4.52. The summed E-state index contributed by atoms with van der Waals surface area (Å²) in [6.07, 6.45) is 1.69. The number of rotatable bonds is 3. The fraction of sp³-hybridized carbons (Fsp3) is 0.304. The van der Waals surface area contributed by atoms with Crippen LogP contribution in [0.2, 0.25) is 0 Å². The Balaban J connectivity index is 1.85. The van der Waals surface area contributed by atoms with Gasteiger partial charge in [-0.3, -0.25) is 4.79 Å². The first-order valence-corrected chi connectivity index (χ1v) is 10.3. The van der Waals surface area contributed by atoms with Crippen molar-refractivity contribution in [2.24, 2.45) is 5.10 Å². The first-order chi connectivity index (χ1) is 15.3. The number of halogens is 1. The average Bonchev–Trinajstić information content (AvgIpc) is 3.14. The van der Waals surface area contributed by atoms with Crippen LogP contribution >= 0.6 is 0 Å². The second kappa shape index (κ2) is 6.96. The molecule has 9 heteroatoms. The number of carbonyl (C=O) groups excluding carboxylic acids is 1. The molecule has 2 aliphatic rings. The van der Waals surface area contributed by atoms with E-state index in [1.165, 1.54) is 6.07 Å². The van der Waals surface area contributed by atoms with Crippen molar-refractivity contribution in [3.63, 3.8) is 0 Å². The Labute approximate surface area is 182 Å². The van der Waals surface area contributed by atoms with Crippen LogP contribution in [0.3, 0.4) is 0 Å². The van der Waals surface area contributed by atoms with Gasteiger partial charge in [-0.25, -0.2) is 14.2 Å².